The maximum absolute atomic E-state index is 15.5. The molecule has 2 fully saturated rings. The number of anilines is 1. The molecule has 1 unspecified atom stereocenters. The van der Waals surface area contributed by atoms with Crippen molar-refractivity contribution in [2.75, 3.05) is 25.1 Å². The van der Waals surface area contributed by atoms with Crippen molar-refractivity contribution < 1.29 is 23.5 Å². The number of carboxylic acids is 1. The van der Waals surface area contributed by atoms with E-state index in [0.717, 1.165) is 25.1 Å². The third-order valence-electron chi connectivity index (χ3n) is 5.08. The fraction of sp³-hybridized carbons (Fsp3) is 0.389. The smallest absolute Gasteiger partial charge is 0.341 e. The second-order valence-electron chi connectivity index (χ2n) is 6.98. The molecule has 1 aromatic heterocycles. The van der Waals surface area contributed by atoms with E-state index in [1.807, 2.05) is 0 Å². The number of halogens is 2. The van der Waals surface area contributed by atoms with Crippen LogP contribution in [0.5, 0.6) is 0 Å². The van der Waals surface area contributed by atoms with Gasteiger partial charge in [-0.2, -0.15) is 0 Å². The number of nitrogens with zero attached hydrogens (tertiary/aromatic N) is 3. The molecule has 10 heteroatoms. The Morgan fingerprint density at radius 3 is 2.71 bits per heavy atom. The van der Waals surface area contributed by atoms with Crippen molar-refractivity contribution in [1.82, 2.24) is 4.57 Å². The number of carboxylic acid groups (broad SMARTS) is 1. The van der Waals surface area contributed by atoms with Crippen molar-refractivity contribution in [1.29, 1.82) is 0 Å². The monoisotopic (exact) mass is 392 g/mol. The van der Waals surface area contributed by atoms with Gasteiger partial charge in [0.1, 0.15) is 24.2 Å². The molecule has 1 aliphatic heterocycles. The predicted molar refractivity (Wildman–Crippen MR) is 98.0 cm³/mol. The maximum atomic E-state index is 15.5. The highest BCUT2D eigenvalue weighted by atomic mass is 19.1. The van der Waals surface area contributed by atoms with Gasteiger partial charge >= 0.3 is 5.97 Å². The quantitative estimate of drug-likeness (QED) is 0.763. The summed E-state index contributed by atoms with van der Waals surface area (Å²) in [6.45, 7) is 0.206. The van der Waals surface area contributed by atoms with Crippen LogP contribution in [-0.2, 0) is 4.84 Å². The van der Waals surface area contributed by atoms with Gasteiger partial charge in [0.25, 0.3) is 0 Å². The van der Waals surface area contributed by atoms with Crippen LogP contribution in [0.2, 0.25) is 0 Å². The molecule has 148 valence electrons. The molecule has 2 heterocycles. The molecule has 3 N–H and O–H groups in total. The highest BCUT2D eigenvalue weighted by Crippen LogP contribution is 2.39. The summed E-state index contributed by atoms with van der Waals surface area (Å²) in [7, 11) is 1.36. The lowest BCUT2D eigenvalue weighted by Gasteiger charge is -2.21. The van der Waals surface area contributed by atoms with Crippen LogP contribution >= 0.6 is 0 Å². The highest BCUT2D eigenvalue weighted by Gasteiger charge is 2.34. The number of pyridine rings is 1. The van der Waals surface area contributed by atoms with Crippen LogP contribution in [0.1, 0.15) is 29.2 Å². The van der Waals surface area contributed by atoms with Crippen LogP contribution < -0.4 is 16.1 Å². The Labute approximate surface area is 157 Å². The first-order valence-electron chi connectivity index (χ1n) is 8.74. The van der Waals surface area contributed by atoms with Crippen molar-refractivity contribution in [3.05, 3.63) is 39.7 Å². The molecule has 8 nitrogen and oxygen atoms in total. The van der Waals surface area contributed by atoms with Gasteiger partial charge in [0, 0.05) is 18.8 Å². The van der Waals surface area contributed by atoms with Crippen LogP contribution in [0.15, 0.2) is 22.2 Å². The lowest BCUT2D eigenvalue weighted by atomic mass is 10.1. The fourth-order valence-electron chi connectivity index (χ4n) is 3.62. The Morgan fingerprint density at radius 2 is 2.11 bits per heavy atom. The lowest BCUT2D eigenvalue weighted by Crippen LogP contribution is -2.30. The number of nitrogens with two attached hydrogens (primary N) is 1. The maximum Gasteiger partial charge on any atom is 0.341 e. The van der Waals surface area contributed by atoms with Gasteiger partial charge in [-0.3, -0.25) is 4.79 Å². The first-order chi connectivity index (χ1) is 13.3. The topological polar surface area (TPSA) is 110 Å². The van der Waals surface area contributed by atoms with Crippen molar-refractivity contribution in [2.24, 2.45) is 10.9 Å². The summed E-state index contributed by atoms with van der Waals surface area (Å²) in [6, 6.07) is 0.230. The number of fused-ring (bicyclic) bond motifs is 1. The summed E-state index contributed by atoms with van der Waals surface area (Å²) in [5, 5.41) is 12.8. The molecule has 2 aromatic rings. The van der Waals surface area contributed by atoms with E-state index in [4.69, 9.17) is 10.6 Å². The number of benzene rings is 1. The van der Waals surface area contributed by atoms with E-state index in [9.17, 15) is 19.1 Å². The largest absolute Gasteiger partial charge is 0.477 e. The number of aromatic nitrogens is 1. The van der Waals surface area contributed by atoms with Gasteiger partial charge < -0.3 is 25.1 Å². The molecule has 0 amide bonds. The van der Waals surface area contributed by atoms with Crippen LogP contribution in [-0.4, -0.2) is 47.6 Å². The number of carbonyl (C=O) groups is 1. The minimum Gasteiger partial charge on any atom is -0.477 e. The number of hydrogen-bond acceptors (Lipinski definition) is 6. The molecule has 1 aliphatic carbocycles. The first kappa shape index (κ1) is 18.4. The van der Waals surface area contributed by atoms with Crippen LogP contribution in [0, 0.1) is 11.6 Å². The Balaban J connectivity index is 1.95. The van der Waals surface area contributed by atoms with Crippen LogP contribution in [0.3, 0.4) is 0 Å². The van der Waals surface area contributed by atoms with E-state index in [0.29, 0.717) is 5.71 Å². The van der Waals surface area contributed by atoms with E-state index in [1.54, 1.807) is 0 Å². The second-order valence-corrected chi connectivity index (χ2v) is 6.98. The summed E-state index contributed by atoms with van der Waals surface area (Å²) in [4.78, 5) is 30.0. The normalized spacial score (nSPS) is 20.9. The van der Waals surface area contributed by atoms with Gasteiger partial charge in [0.05, 0.1) is 29.2 Å². The minimum atomic E-state index is -1.43. The summed E-state index contributed by atoms with van der Waals surface area (Å²) >= 11 is 0. The Hall–Kier alpha value is -3.01. The number of aromatic carboxylic acids is 1. The zero-order valence-electron chi connectivity index (χ0n) is 15.0. The highest BCUT2D eigenvalue weighted by molar-refractivity contribution is 5.98. The average Bonchev–Trinajstić information content (AvgIpc) is 3.41. The summed E-state index contributed by atoms with van der Waals surface area (Å²) in [5.41, 5.74) is 4.56. The summed E-state index contributed by atoms with van der Waals surface area (Å²) < 4.78 is 31.8. The summed E-state index contributed by atoms with van der Waals surface area (Å²) in [6.07, 6.45) is 2.59. The predicted octanol–water partition coefficient (Wildman–Crippen LogP) is 1.46. The van der Waals surface area contributed by atoms with Crippen molar-refractivity contribution >= 4 is 28.3 Å². The average molecular weight is 392 g/mol. The van der Waals surface area contributed by atoms with E-state index >= 15 is 4.39 Å². The fourth-order valence-corrected chi connectivity index (χ4v) is 3.62. The van der Waals surface area contributed by atoms with Gasteiger partial charge in [-0.25, -0.2) is 13.6 Å². The molecule has 1 atom stereocenters. The van der Waals surface area contributed by atoms with Crippen molar-refractivity contribution in [3.63, 3.8) is 0 Å². The standard InChI is InChI=1S/C18H18F2N4O4/c1-28-22-13-7-23(6-12(13)21)16-11(19)4-9-15(14(16)20)24(8-2-3-8)5-10(17(9)25)18(26)27/h4-5,8,12H,2-3,6-7,21H2,1H3,(H,26,27). The molecule has 1 saturated heterocycles. The third kappa shape index (κ3) is 2.80. The number of rotatable bonds is 4. The lowest BCUT2D eigenvalue weighted by molar-refractivity contribution is 0.0695. The molecule has 28 heavy (non-hydrogen) atoms. The molecule has 0 bridgehead atoms. The zero-order valence-corrected chi connectivity index (χ0v) is 15.0. The van der Waals surface area contributed by atoms with Crippen molar-refractivity contribution in [2.45, 2.75) is 24.9 Å². The number of hydrogen-bond donors (Lipinski definition) is 2. The van der Waals surface area contributed by atoms with Crippen LogP contribution in [0.4, 0.5) is 14.5 Å². The van der Waals surface area contributed by atoms with Gasteiger partial charge in [-0.05, 0) is 18.9 Å². The number of oxime groups is 1. The van der Waals surface area contributed by atoms with Gasteiger partial charge in [0.15, 0.2) is 5.82 Å². The van der Waals surface area contributed by atoms with Gasteiger partial charge in [0.2, 0.25) is 5.43 Å². The molecule has 0 spiro atoms. The SMILES string of the molecule is CON=C1CN(c2c(F)cc3c(=O)c(C(=O)O)cn(C4CC4)c3c2F)CC1N. The Bertz CT molecular complexity index is 1080. The van der Waals surface area contributed by atoms with Gasteiger partial charge in [-0.15, -0.1) is 0 Å². The Kier molecular flexibility index (Phi) is 4.30. The molecule has 0 radical (unpaired) electrons. The molecular weight excluding hydrogens is 374 g/mol. The van der Waals surface area contributed by atoms with E-state index in [1.165, 1.54) is 16.6 Å². The van der Waals surface area contributed by atoms with E-state index < -0.39 is 34.6 Å². The molecule has 2 aliphatic rings. The second kappa shape index (κ2) is 6.55. The van der Waals surface area contributed by atoms with Crippen molar-refractivity contribution in [3.8, 4) is 0 Å². The van der Waals surface area contributed by atoms with E-state index in [-0.39, 0.29) is 35.7 Å². The molecule has 1 saturated carbocycles. The molecular formula is C18H18F2N4O4. The van der Waals surface area contributed by atoms with E-state index in [2.05, 4.69) is 5.16 Å². The zero-order chi connectivity index (χ0) is 20.2. The first-order valence-corrected chi connectivity index (χ1v) is 8.74. The Morgan fingerprint density at radius 1 is 1.39 bits per heavy atom. The van der Waals surface area contributed by atoms with Crippen LogP contribution in [0.25, 0.3) is 10.9 Å². The minimum absolute atomic E-state index is 0.0786. The molecule has 1 aromatic carbocycles. The van der Waals surface area contributed by atoms with Gasteiger partial charge in [-0.1, -0.05) is 5.16 Å². The third-order valence-corrected chi connectivity index (χ3v) is 5.08. The molecule has 4 rings (SSSR count). The summed E-state index contributed by atoms with van der Waals surface area (Å²) in [5.74, 6) is -3.31.